The maximum absolute atomic E-state index is 12.4. The van der Waals surface area contributed by atoms with E-state index in [1.54, 1.807) is 27.9 Å². The molecule has 0 bridgehead atoms. The quantitative estimate of drug-likeness (QED) is 0.832. The number of hydrogen-bond donors (Lipinski definition) is 0. The van der Waals surface area contributed by atoms with Crippen molar-refractivity contribution in [2.45, 2.75) is 25.8 Å². The van der Waals surface area contributed by atoms with Crippen LogP contribution in [-0.2, 0) is 9.59 Å². The first-order chi connectivity index (χ1) is 11.6. The fourth-order valence-corrected chi connectivity index (χ4v) is 2.83. The second-order valence-electron chi connectivity index (χ2n) is 6.03. The van der Waals surface area contributed by atoms with Crippen LogP contribution in [0.2, 0.25) is 0 Å². The molecule has 1 aromatic heterocycles. The molecule has 1 aromatic carbocycles. The lowest BCUT2D eigenvalue weighted by Gasteiger charge is -2.27. The first-order valence-corrected chi connectivity index (χ1v) is 8.04. The third-order valence-corrected chi connectivity index (χ3v) is 4.53. The Morgan fingerprint density at radius 1 is 1.33 bits per heavy atom. The Kier molecular flexibility index (Phi) is 4.59. The summed E-state index contributed by atoms with van der Waals surface area (Å²) in [6.45, 7) is 2.82. The number of likely N-dealkylation sites (N-methyl/N-ethyl adjacent to an activating group) is 1. The van der Waals surface area contributed by atoms with Crippen LogP contribution in [0.5, 0.6) is 0 Å². The molecule has 0 saturated carbocycles. The second-order valence-corrected chi connectivity index (χ2v) is 6.03. The zero-order valence-electron chi connectivity index (χ0n) is 13.9. The summed E-state index contributed by atoms with van der Waals surface area (Å²) in [7, 11) is 1.78. The third kappa shape index (κ3) is 3.29. The standard InChI is InChI=1S/C17H21N5O2/c1-13(20(2)17(24)10-21-9-3-4-16(21)23)14-5-7-15(8-6-14)22-12-18-11-19-22/h5-8,11-13H,3-4,9-10H2,1-2H3/t13-/m1/s1. The minimum absolute atomic E-state index is 0.0434. The number of aromatic nitrogens is 3. The maximum Gasteiger partial charge on any atom is 0.242 e. The van der Waals surface area contributed by atoms with E-state index in [4.69, 9.17) is 0 Å². The molecule has 126 valence electrons. The highest BCUT2D eigenvalue weighted by molar-refractivity contribution is 5.86. The van der Waals surface area contributed by atoms with E-state index in [-0.39, 0.29) is 24.4 Å². The number of rotatable bonds is 5. The van der Waals surface area contributed by atoms with E-state index in [2.05, 4.69) is 10.1 Å². The number of carbonyl (C=O) groups is 2. The van der Waals surface area contributed by atoms with Crippen LogP contribution in [0.3, 0.4) is 0 Å². The summed E-state index contributed by atoms with van der Waals surface area (Å²) in [6, 6.07) is 7.78. The highest BCUT2D eigenvalue weighted by Crippen LogP contribution is 2.21. The lowest BCUT2D eigenvalue weighted by atomic mass is 10.1. The van der Waals surface area contributed by atoms with Gasteiger partial charge in [-0.2, -0.15) is 5.10 Å². The van der Waals surface area contributed by atoms with Crippen molar-refractivity contribution in [2.75, 3.05) is 20.1 Å². The lowest BCUT2D eigenvalue weighted by Crippen LogP contribution is -2.40. The van der Waals surface area contributed by atoms with Crippen molar-refractivity contribution in [3.8, 4) is 5.69 Å². The molecule has 2 amide bonds. The van der Waals surface area contributed by atoms with E-state index in [1.165, 1.54) is 6.33 Å². The molecule has 1 atom stereocenters. The van der Waals surface area contributed by atoms with Crippen LogP contribution in [-0.4, -0.2) is 56.5 Å². The van der Waals surface area contributed by atoms with Gasteiger partial charge in [-0.15, -0.1) is 0 Å². The van der Waals surface area contributed by atoms with Gasteiger partial charge in [-0.25, -0.2) is 9.67 Å². The van der Waals surface area contributed by atoms with Crippen LogP contribution < -0.4 is 0 Å². The van der Waals surface area contributed by atoms with E-state index in [1.807, 2.05) is 31.2 Å². The molecular formula is C17H21N5O2. The molecule has 7 nitrogen and oxygen atoms in total. The molecule has 0 N–H and O–H groups in total. The van der Waals surface area contributed by atoms with Crippen LogP contribution in [0, 0.1) is 0 Å². The molecule has 2 heterocycles. The molecule has 2 aromatic rings. The Hall–Kier alpha value is -2.70. The molecule has 1 aliphatic rings. The highest BCUT2D eigenvalue weighted by atomic mass is 16.2. The Morgan fingerprint density at radius 2 is 2.08 bits per heavy atom. The predicted octanol–water partition coefficient (Wildman–Crippen LogP) is 1.41. The van der Waals surface area contributed by atoms with Crippen molar-refractivity contribution < 1.29 is 9.59 Å². The molecule has 24 heavy (non-hydrogen) atoms. The van der Waals surface area contributed by atoms with Crippen LogP contribution >= 0.6 is 0 Å². The predicted molar refractivity (Wildman–Crippen MR) is 88.4 cm³/mol. The number of likely N-dealkylation sites (tertiary alicyclic amines) is 1. The van der Waals surface area contributed by atoms with Crippen molar-refractivity contribution >= 4 is 11.8 Å². The molecule has 0 aliphatic carbocycles. The molecule has 7 heteroatoms. The first kappa shape index (κ1) is 16.2. The number of nitrogens with zero attached hydrogens (tertiary/aromatic N) is 5. The van der Waals surface area contributed by atoms with Crippen molar-refractivity contribution in [2.24, 2.45) is 0 Å². The summed E-state index contributed by atoms with van der Waals surface area (Å²) >= 11 is 0. The van der Waals surface area contributed by atoms with Gasteiger partial charge >= 0.3 is 0 Å². The van der Waals surface area contributed by atoms with E-state index in [0.29, 0.717) is 13.0 Å². The smallest absolute Gasteiger partial charge is 0.242 e. The summed E-state index contributed by atoms with van der Waals surface area (Å²) in [5.74, 6) is 0.0275. The van der Waals surface area contributed by atoms with E-state index >= 15 is 0 Å². The summed E-state index contributed by atoms with van der Waals surface area (Å²) in [5.41, 5.74) is 1.95. The van der Waals surface area contributed by atoms with Crippen LogP contribution in [0.4, 0.5) is 0 Å². The second kappa shape index (κ2) is 6.82. The molecule has 1 fully saturated rings. The minimum Gasteiger partial charge on any atom is -0.337 e. The van der Waals surface area contributed by atoms with Crippen LogP contribution in [0.25, 0.3) is 5.69 Å². The summed E-state index contributed by atoms with van der Waals surface area (Å²) in [5, 5.41) is 4.09. The van der Waals surface area contributed by atoms with Crippen molar-refractivity contribution in [1.29, 1.82) is 0 Å². The van der Waals surface area contributed by atoms with Crippen molar-refractivity contribution in [3.05, 3.63) is 42.5 Å². The van der Waals surface area contributed by atoms with Gasteiger partial charge in [0.25, 0.3) is 0 Å². The number of hydrogen-bond acceptors (Lipinski definition) is 4. The van der Waals surface area contributed by atoms with Crippen molar-refractivity contribution in [3.63, 3.8) is 0 Å². The van der Waals surface area contributed by atoms with Gasteiger partial charge in [0.2, 0.25) is 11.8 Å². The topological polar surface area (TPSA) is 71.3 Å². The van der Waals surface area contributed by atoms with Gasteiger partial charge in [0.15, 0.2) is 0 Å². The average Bonchev–Trinajstić information content (AvgIpc) is 3.26. The fraction of sp³-hybridized carbons (Fsp3) is 0.412. The van der Waals surface area contributed by atoms with Crippen LogP contribution in [0.1, 0.15) is 31.4 Å². The fourth-order valence-electron chi connectivity index (χ4n) is 2.83. The van der Waals surface area contributed by atoms with E-state index in [0.717, 1.165) is 17.7 Å². The van der Waals surface area contributed by atoms with Gasteiger partial charge in [-0.1, -0.05) is 12.1 Å². The molecular weight excluding hydrogens is 306 g/mol. The van der Waals surface area contributed by atoms with Gasteiger partial charge < -0.3 is 9.80 Å². The molecule has 0 unspecified atom stereocenters. The number of benzene rings is 1. The van der Waals surface area contributed by atoms with Gasteiger partial charge in [-0.3, -0.25) is 9.59 Å². The average molecular weight is 327 g/mol. The summed E-state index contributed by atoms with van der Waals surface area (Å²) in [4.78, 5) is 31.3. The monoisotopic (exact) mass is 327 g/mol. The normalized spacial score (nSPS) is 15.6. The lowest BCUT2D eigenvalue weighted by molar-refractivity contribution is -0.138. The third-order valence-electron chi connectivity index (χ3n) is 4.53. The Labute approximate surface area is 140 Å². The van der Waals surface area contributed by atoms with Crippen LogP contribution in [0.15, 0.2) is 36.9 Å². The van der Waals surface area contributed by atoms with Gasteiger partial charge in [0.05, 0.1) is 18.3 Å². The Balaban J connectivity index is 1.65. The number of carbonyl (C=O) groups excluding carboxylic acids is 2. The maximum atomic E-state index is 12.4. The van der Waals surface area contributed by atoms with E-state index < -0.39 is 0 Å². The number of amides is 2. The van der Waals surface area contributed by atoms with Gasteiger partial charge in [0.1, 0.15) is 12.7 Å². The zero-order valence-corrected chi connectivity index (χ0v) is 13.9. The van der Waals surface area contributed by atoms with Gasteiger partial charge in [-0.05, 0) is 31.0 Å². The van der Waals surface area contributed by atoms with Crippen molar-refractivity contribution in [1.82, 2.24) is 24.6 Å². The largest absolute Gasteiger partial charge is 0.337 e. The molecule has 1 aliphatic heterocycles. The minimum atomic E-state index is -0.0694. The Morgan fingerprint density at radius 3 is 2.67 bits per heavy atom. The summed E-state index contributed by atoms with van der Waals surface area (Å²) in [6.07, 6.45) is 4.52. The molecule has 0 spiro atoms. The summed E-state index contributed by atoms with van der Waals surface area (Å²) < 4.78 is 1.68. The highest BCUT2D eigenvalue weighted by Gasteiger charge is 2.25. The molecule has 3 rings (SSSR count). The van der Waals surface area contributed by atoms with E-state index in [9.17, 15) is 9.59 Å². The Bertz CT molecular complexity index is 711. The zero-order chi connectivity index (χ0) is 17.1. The first-order valence-electron chi connectivity index (χ1n) is 8.04. The molecule has 1 saturated heterocycles. The SMILES string of the molecule is C[C@H](c1ccc(-n2cncn2)cc1)N(C)C(=O)CN1CCCC1=O. The molecule has 0 radical (unpaired) electrons. The van der Waals surface area contributed by atoms with Gasteiger partial charge in [0, 0.05) is 20.0 Å².